The summed E-state index contributed by atoms with van der Waals surface area (Å²) in [6.45, 7) is 4.32. The van der Waals surface area contributed by atoms with Gasteiger partial charge < -0.3 is 0 Å². The molecule has 28 heavy (non-hydrogen) atoms. The maximum atomic E-state index is 14.9. The minimum absolute atomic E-state index is 0.218. The van der Waals surface area contributed by atoms with E-state index in [-0.39, 0.29) is 11.4 Å². The van der Waals surface area contributed by atoms with Crippen LogP contribution in [0.3, 0.4) is 0 Å². The average Bonchev–Trinajstić information content (AvgIpc) is 2.69. The van der Waals surface area contributed by atoms with Crippen molar-refractivity contribution in [2.75, 3.05) is 0 Å². The fourth-order valence-electron chi connectivity index (χ4n) is 5.70. The molecule has 0 spiro atoms. The lowest BCUT2D eigenvalue weighted by molar-refractivity contribution is 0.124. The third-order valence-electron chi connectivity index (χ3n) is 7.29. The molecule has 150 valence electrons. The van der Waals surface area contributed by atoms with Gasteiger partial charge in [0.05, 0.1) is 0 Å². The minimum Gasteiger partial charge on any atom is -0.207 e. The lowest BCUT2D eigenvalue weighted by Crippen LogP contribution is -2.29. The molecule has 2 aliphatic rings. The van der Waals surface area contributed by atoms with Crippen molar-refractivity contribution in [3.8, 4) is 0 Å². The van der Waals surface area contributed by atoms with Crippen LogP contribution >= 0.6 is 0 Å². The standard InChI is InChI=1S/C26H32F2/c1-3-4-5-6-24-25(27)16-22-15-21(11-12-23(22)26(24)28)20-10-9-18-13-17(2)7-8-19(18)14-20/h3-4,11-12,15-20H,5-10,13-14H2,1-2H3. The quantitative estimate of drug-likeness (QED) is 0.471. The third kappa shape index (κ3) is 3.88. The Kier molecular flexibility index (Phi) is 5.85. The molecule has 4 rings (SSSR count). The van der Waals surface area contributed by atoms with Crippen molar-refractivity contribution in [1.29, 1.82) is 0 Å². The van der Waals surface area contributed by atoms with Gasteiger partial charge in [-0.25, -0.2) is 8.78 Å². The molecular formula is C26H32F2. The van der Waals surface area contributed by atoms with E-state index in [9.17, 15) is 8.78 Å². The number of halogens is 2. The highest BCUT2D eigenvalue weighted by Gasteiger charge is 2.34. The van der Waals surface area contributed by atoms with Crippen LogP contribution in [0.1, 0.15) is 75.8 Å². The highest BCUT2D eigenvalue weighted by Crippen LogP contribution is 2.47. The predicted molar refractivity (Wildman–Crippen MR) is 114 cm³/mol. The number of hydrogen-bond acceptors (Lipinski definition) is 0. The zero-order valence-electron chi connectivity index (χ0n) is 17.2. The summed E-state index contributed by atoms with van der Waals surface area (Å²) in [6.07, 6.45) is 12.8. The maximum Gasteiger partial charge on any atom is 0.137 e. The molecule has 2 saturated carbocycles. The Balaban J connectivity index is 1.57. The van der Waals surface area contributed by atoms with Gasteiger partial charge in [-0.1, -0.05) is 43.7 Å². The molecule has 4 unspecified atom stereocenters. The summed E-state index contributed by atoms with van der Waals surface area (Å²) >= 11 is 0. The van der Waals surface area contributed by atoms with Crippen molar-refractivity contribution in [3.05, 3.63) is 59.2 Å². The minimum atomic E-state index is -0.406. The zero-order valence-corrected chi connectivity index (χ0v) is 17.2. The van der Waals surface area contributed by atoms with Crippen LogP contribution in [0.4, 0.5) is 8.78 Å². The Morgan fingerprint density at radius 3 is 2.61 bits per heavy atom. The zero-order chi connectivity index (χ0) is 19.7. The van der Waals surface area contributed by atoms with Crippen molar-refractivity contribution in [2.45, 2.75) is 71.1 Å². The predicted octanol–water partition coefficient (Wildman–Crippen LogP) is 7.95. The number of allylic oxidation sites excluding steroid dienone is 2. The topological polar surface area (TPSA) is 0 Å². The Morgan fingerprint density at radius 1 is 1.00 bits per heavy atom. The van der Waals surface area contributed by atoms with Crippen molar-refractivity contribution in [3.63, 3.8) is 0 Å². The van der Waals surface area contributed by atoms with Gasteiger partial charge in [0.1, 0.15) is 11.6 Å². The van der Waals surface area contributed by atoms with E-state index in [1.165, 1.54) is 44.1 Å². The number of benzene rings is 2. The van der Waals surface area contributed by atoms with E-state index in [0.29, 0.717) is 29.5 Å². The molecule has 0 aromatic heterocycles. The summed E-state index contributed by atoms with van der Waals surface area (Å²) in [6, 6.07) is 7.57. The van der Waals surface area contributed by atoms with Crippen LogP contribution in [0.5, 0.6) is 0 Å². The number of hydrogen-bond donors (Lipinski definition) is 0. The van der Waals surface area contributed by atoms with Gasteiger partial charge in [0.15, 0.2) is 0 Å². The van der Waals surface area contributed by atoms with Gasteiger partial charge in [-0.15, -0.1) is 0 Å². The molecule has 0 heterocycles. The van der Waals surface area contributed by atoms with Crippen LogP contribution in [0.2, 0.25) is 0 Å². The van der Waals surface area contributed by atoms with Crippen molar-refractivity contribution in [2.24, 2.45) is 17.8 Å². The lowest BCUT2D eigenvalue weighted by atomic mass is 9.64. The van der Waals surface area contributed by atoms with E-state index < -0.39 is 5.82 Å². The first-order valence-electron chi connectivity index (χ1n) is 11.1. The Morgan fingerprint density at radius 2 is 1.79 bits per heavy atom. The number of rotatable bonds is 4. The lowest BCUT2D eigenvalue weighted by Gasteiger charge is -2.41. The Labute approximate surface area is 168 Å². The van der Waals surface area contributed by atoms with Gasteiger partial charge in [0.25, 0.3) is 0 Å². The summed E-state index contributed by atoms with van der Waals surface area (Å²) in [7, 11) is 0. The fraction of sp³-hybridized carbons (Fsp3) is 0.538. The molecule has 2 aromatic rings. The molecule has 0 bridgehead atoms. The average molecular weight is 383 g/mol. The van der Waals surface area contributed by atoms with E-state index in [0.717, 1.165) is 17.8 Å². The first kappa shape index (κ1) is 19.6. The van der Waals surface area contributed by atoms with Gasteiger partial charge in [-0.3, -0.25) is 0 Å². The second kappa shape index (κ2) is 8.35. The van der Waals surface area contributed by atoms with Gasteiger partial charge in [0, 0.05) is 10.9 Å². The molecule has 0 saturated heterocycles. The van der Waals surface area contributed by atoms with Crippen LogP contribution in [0.25, 0.3) is 10.8 Å². The Hall–Kier alpha value is -1.70. The molecule has 0 nitrogen and oxygen atoms in total. The summed E-state index contributed by atoms with van der Waals surface area (Å²) in [5.74, 6) is 2.38. The molecule has 2 fully saturated rings. The van der Waals surface area contributed by atoms with E-state index in [1.807, 2.05) is 31.2 Å². The van der Waals surface area contributed by atoms with E-state index in [2.05, 4.69) is 13.0 Å². The molecule has 0 aliphatic heterocycles. The Bertz CT molecular complexity index is 866. The van der Waals surface area contributed by atoms with Crippen molar-refractivity contribution < 1.29 is 8.78 Å². The highest BCUT2D eigenvalue weighted by atomic mass is 19.1. The van der Waals surface area contributed by atoms with Gasteiger partial charge in [-0.2, -0.15) is 0 Å². The highest BCUT2D eigenvalue weighted by molar-refractivity contribution is 5.85. The van der Waals surface area contributed by atoms with Gasteiger partial charge in [-0.05, 0) is 92.6 Å². The van der Waals surface area contributed by atoms with Crippen molar-refractivity contribution >= 4 is 10.8 Å². The first-order chi connectivity index (χ1) is 13.6. The first-order valence-corrected chi connectivity index (χ1v) is 11.1. The summed E-state index contributed by atoms with van der Waals surface area (Å²) in [5, 5.41) is 1.27. The van der Waals surface area contributed by atoms with E-state index >= 15 is 0 Å². The van der Waals surface area contributed by atoms with Crippen LogP contribution in [0.15, 0.2) is 36.4 Å². The molecule has 4 atom stereocenters. The summed E-state index contributed by atoms with van der Waals surface area (Å²) < 4.78 is 29.5. The van der Waals surface area contributed by atoms with E-state index in [1.54, 1.807) is 6.07 Å². The van der Waals surface area contributed by atoms with E-state index in [4.69, 9.17) is 0 Å². The van der Waals surface area contributed by atoms with Gasteiger partial charge in [0.2, 0.25) is 0 Å². The van der Waals surface area contributed by atoms with Crippen LogP contribution in [-0.4, -0.2) is 0 Å². The van der Waals surface area contributed by atoms with Crippen LogP contribution in [0, 0.1) is 29.4 Å². The van der Waals surface area contributed by atoms with Crippen LogP contribution < -0.4 is 0 Å². The molecule has 2 heteroatoms. The fourth-order valence-corrected chi connectivity index (χ4v) is 5.70. The molecule has 0 radical (unpaired) electrons. The smallest absolute Gasteiger partial charge is 0.137 e. The SMILES string of the molecule is CC=CCCc1c(F)cc2cc(C3CCC4CC(C)CCC4C3)ccc2c1F. The summed E-state index contributed by atoms with van der Waals surface area (Å²) in [5.41, 5.74) is 1.49. The normalized spacial score (nSPS) is 28.0. The molecule has 0 amide bonds. The second-order valence-corrected chi connectivity index (χ2v) is 9.19. The summed E-state index contributed by atoms with van der Waals surface area (Å²) in [4.78, 5) is 0. The van der Waals surface area contributed by atoms with Gasteiger partial charge >= 0.3 is 0 Å². The largest absolute Gasteiger partial charge is 0.207 e. The molecule has 0 N–H and O–H groups in total. The monoisotopic (exact) mass is 382 g/mol. The molecular weight excluding hydrogens is 350 g/mol. The number of fused-ring (bicyclic) bond motifs is 2. The third-order valence-corrected chi connectivity index (χ3v) is 7.29. The van der Waals surface area contributed by atoms with Crippen molar-refractivity contribution in [1.82, 2.24) is 0 Å². The maximum absolute atomic E-state index is 14.9. The molecule has 2 aromatic carbocycles. The van der Waals surface area contributed by atoms with Crippen LogP contribution in [-0.2, 0) is 6.42 Å². The molecule has 2 aliphatic carbocycles. The second-order valence-electron chi connectivity index (χ2n) is 9.19.